The molecule has 0 N–H and O–H groups in total. The number of hydrogen-bond acceptors (Lipinski definition) is 5. The molecule has 0 radical (unpaired) electrons. The number of rotatable bonds is 7. The predicted octanol–water partition coefficient (Wildman–Crippen LogP) is 4.35. The van der Waals surface area contributed by atoms with Crippen LogP contribution in [0.5, 0.6) is 0 Å². The monoisotopic (exact) mass is 517 g/mol. The highest BCUT2D eigenvalue weighted by molar-refractivity contribution is 7.90. The Bertz CT molecular complexity index is 1510. The maximum atomic E-state index is 15.0. The van der Waals surface area contributed by atoms with Crippen LogP contribution in [0.25, 0.3) is 10.9 Å². The van der Waals surface area contributed by atoms with E-state index in [-0.39, 0.29) is 21.9 Å². The van der Waals surface area contributed by atoms with E-state index >= 15 is 4.39 Å². The van der Waals surface area contributed by atoms with Gasteiger partial charge in [-0.3, -0.25) is 14.7 Å². The summed E-state index contributed by atoms with van der Waals surface area (Å²) in [5.74, 6) is -1.46. The number of nitrogens with zero attached hydrogens (tertiary/aromatic N) is 3. The number of benzene rings is 3. The lowest BCUT2D eigenvalue weighted by Crippen LogP contribution is -2.49. The fraction of sp³-hybridized carbons (Fsp3) is 0.241. The van der Waals surface area contributed by atoms with Crippen molar-refractivity contribution in [2.45, 2.75) is 17.1 Å². The molecule has 8 heteroatoms. The number of hydrogen-bond donors (Lipinski definition) is 0. The molecule has 1 aliphatic rings. The van der Waals surface area contributed by atoms with Crippen molar-refractivity contribution in [3.8, 4) is 0 Å². The van der Waals surface area contributed by atoms with Crippen molar-refractivity contribution in [2.75, 3.05) is 32.7 Å². The maximum Gasteiger partial charge on any atom is 0.254 e. The number of sulfone groups is 1. The third-order valence-corrected chi connectivity index (χ3v) is 8.49. The van der Waals surface area contributed by atoms with Crippen LogP contribution in [0.15, 0.2) is 90.0 Å². The highest BCUT2D eigenvalue weighted by Gasteiger charge is 2.25. The maximum absolute atomic E-state index is 15.0. The Morgan fingerprint density at radius 1 is 0.892 bits per heavy atom. The average molecular weight is 518 g/mol. The van der Waals surface area contributed by atoms with E-state index in [2.05, 4.69) is 22.0 Å². The zero-order valence-corrected chi connectivity index (χ0v) is 21.2. The molecule has 1 aliphatic heterocycles. The second-order valence-corrected chi connectivity index (χ2v) is 11.2. The Morgan fingerprint density at radius 2 is 1.65 bits per heavy atom. The van der Waals surface area contributed by atoms with Crippen molar-refractivity contribution < 1.29 is 17.6 Å². The minimum absolute atomic E-state index is 0.0233. The molecule has 6 nitrogen and oxygen atoms in total. The number of carbonyl (C=O) groups is 1. The molecule has 0 spiro atoms. The van der Waals surface area contributed by atoms with Gasteiger partial charge in [-0.1, -0.05) is 54.6 Å². The van der Waals surface area contributed by atoms with E-state index in [1.165, 1.54) is 30.0 Å². The molecule has 5 rings (SSSR count). The Labute approximate surface area is 216 Å². The fourth-order valence-corrected chi connectivity index (χ4v) is 6.25. The van der Waals surface area contributed by atoms with Gasteiger partial charge in [-0.15, -0.1) is 0 Å². The van der Waals surface area contributed by atoms with Gasteiger partial charge in [0.1, 0.15) is 5.82 Å². The van der Waals surface area contributed by atoms with E-state index in [0.717, 1.165) is 32.1 Å². The summed E-state index contributed by atoms with van der Waals surface area (Å²) in [6, 6.07) is 22.8. The van der Waals surface area contributed by atoms with E-state index < -0.39 is 21.4 Å². The molecule has 1 amide bonds. The largest absolute Gasteiger partial charge is 0.336 e. The van der Waals surface area contributed by atoms with Crippen LogP contribution in [0.4, 0.5) is 4.39 Å². The first kappa shape index (κ1) is 25.0. The number of amides is 1. The lowest BCUT2D eigenvalue weighted by Gasteiger charge is -2.34. The summed E-state index contributed by atoms with van der Waals surface area (Å²) in [6.07, 6.45) is 2.49. The third kappa shape index (κ3) is 5.70. The first-order valence-electron chi connectivity index (χ1n) is 12.3. The van der Waals surface area contributed by atoms with Crippen molar-refractivity contribution in [2.24, 2.45) is 0 Å². The van der Waals surface area contributed by atoms with Gasteiger partial charge in [0, 0.05) is 55.4 Å². The van der Waals surface area contributed by atoms with E-state index in [1.54, 1.807) is 29.2 Å². The highest BCUT2D eigenvalue weighted by Crippen LogP contribution is 2.25. The van der Waals surface area contributed by atoms with Gasteiger partial charge < -0.3 is 4.90 Å². The number of pyridine rings is 1. The number of carbonyl (C=O) groups excluding carboxylic acids is 1. The lowest BCUT2D eigenvalue weighted by atomic mass is 10.1. The summed E-state index contributed by atoms with van der Waals surface area (Å²) >= 11 is 0. The molecule has 0 bridgehead atoms. The molecular weight excluding hydrogens is 489 g/mol. The molecule has 4 aromatic rings. The molecule has 1 saturated heterocycles. The molecule has 0 unspecified atom stereocenters. The summed E-state index contributed by atoms with van der Waals surface area (Å²) in [5.41, 5.74) is 1.90. The summed E-state index contributed by atoms with van der Waals surface area (Å²) in [5, 5.41) is 0.699. The standard InChI is InChI=1S/C29H28FN3O3S/c30-26-20-24(29(34)33-18-16-32(17-19-33)15-13-22-6-2-1-3-7-22)11-12-25(26)21-37(35,36)27-10-4-8-23-9-5-14-31-28(23)27/h1-12,14,20H,13,15-19,21H2. The average Bonchev–Trinajstić information content (AvgIpc) is 2.93. The molecular formula is C29H28FN3O3S. The number of fused-ring (bicyclic) bond motifs is 1. The Hall–Kier alpha value is -3.62. The predicted molar refractivity (Wildman–Crippen MR) is 142 cm³/mol. The SMILES string of the molecule is O=C(c1ccc(CS(=O)(=O)c2cccc3cccnc23)c(F)c1)N1CCN(CCc2ccccc2)CC1. The fourth-order valence-electron chi connectivity index (χ4n) is 4.70. The summed E-state index contributed by atoms with van der Waals surface area (Å²) in [4.78, 5) is 21.3. The summed E-state index contributed by atoms with van der Waals surface area (Å²) < 4.78 is 41.2. The molecule has 3 aromatic carbocycles. The molecule has 2 heterocycles. The normalized spacial score (nSPS) is 14.7. The highest BCUT2D eigenvalue weighted by atomic mass is 32.2. The number of para-hydroxylation sites is 1. The smallest absolute Gasteiger partial charge is 0.254 e. The van der Waals surface area contributed by atoms with Gasteiger partial charge >= 0.3 is 0 Å². The van der Waals surface area contributed by atoms with Crippen LogP contribution in [0.2, 0.25) is 0 Å². The molecule has 190 valence electrons. The van der Waals surface area contributed by atoms with Crippen LogP contribution in [-0.4, -0.2) is 61.8 Å². The molecule has 1 fully saturated rings. The van der Waals surface area contributed by atoms with Crippen molar-refractivity contribution in [1.82, 2.24) is 14.8 Å². The van der Waals surface area contributed by atoms with Crippen LogP contribution in [0.3, 0.4) is 0 Å². The summed E-state index contributed by atoms with van der Waals surface area (Å²) in [6.45, 7) is 3.59. The minimum atomic E-state index is -3.85. The topological polar surface area (TPSA) is 70.6 Å². The molecule has 37 heavy (non-hydrogen) atoms. The van der Waals surface area contributed by atoms with Gasteiger partial charge in [-0.25, -0.2) is 12.8 Å². The Balaban J connectivity index is 1.22. The van der Waals surface area contributed by atoms with E-state index in [0.29, 0.717) is 24.0 Å². The Kier molecular flexibility index (Phi) is 7.30. The zero-order valence-electron chi connectivity index (χ0n) is 20.4. The molecule has 0 saturated carbocycles. The lowest BCUT2D eigenvalue weighted by molar-refractivity contribution is 0.0638. The van der Waals surface area contributed by atoms with Crippen LogP contribution in [-0.2, 0) is 22.0 Å². The van der Waals surface area contributed by atoms with Gasteiger partial charge in [-0.2, -0.15) is 0 Å². The second kappa shape index (κ2) is 10.8. The van der Waals surface area contributed by atoms with Gasteiger partial charge in [0.2, 0.25) is 0 Å². The van der Waals surface area contributed by atoms with Gasteiger partial charge in [0.05, 0.1) is 16.2 Å². The van der Waals surface area contributed by atoms with Crippen molar-refractivity contribution in [3.05, 3.63) is 108 Å². The van der Waals surface area contributed by atoms with E-state index in [4.69, 9.17) is 0 Å². The first-order valence-corrected chi connectivity index (χ1v) is 14.0. The first-order chi connectivity index (χ1) is 17.9. The van der Waals surface area contributed by atoms with Crippen LogP contribution >= 0.6 is 0 Å². The molecule has 1 aromatic heterocycles. The van der Waals surface area contributed by atoms with Crippen LogP contribution < -0.4 is 0 Å². The van der Waals surface area contributed by atoms with Gasteiger partial charge in [-0.05, 0) is 36.2 Å². The number of piperazine rings is 1. The Morgan fingerprint density at radius 3 is 2.41 bits per heavy atom. The third-order valence-electron chi connectivity index (χ3n) is 6.80. The van der Waals surface area contributed by atoms with Gasteiger partial charge in [0.15, 0.2) is 9.84 Å². The molecule has 0 atom stereocenters. The van der Waals surface area contributed by atoms with Crippen molar-refractivity contribution in [3.63, 3.8) is 0 Å². The zero-order chi connectivity index (χ0) is 25.8. The van der Waals surface area contributed by atoms with E-state index in [9.17, 15) is 13.2 Å². The summed E-state index contributed by atoms with van der Waals surface area (Å²) in [7, 11) is -3.85. The second-order valence-electron chi connectivity index (χ2n) is 9.27. The van der Waals surface area contributed by atoms with E-state index in [1.807, 2.05) is 18.2 Å². The van der Waals surface area contributed by atoms with Crippen molar-refractivity contribution in [1.29, 1.82) is 0 Å². The number of halogens is 1. The minimum Gasteiger partial charge on any atom is -0.336 e. The van der Waals surface area contributed by atoms with Crippen LogP contribution in [0, 0.1) is 5.82 Å². The van der Waals surface area contributed by atoms with Gasteiger partial charge in [0.25, 0.3) is 5.91 Å². The molecule has 0 aliphatic carbocycles. The quantitative estimate of drug-likeness (QED) is 0.365. The number of aromatic nitrogens is 1. The van der Waals surface area contributed by atoms with Crippen LogP contribution in [0.1, 0.15) is 21.5 Å². The van der Waals surface area contributed by atoms with Crippen molar-refractivity contribution >= 4 is 26.6 Å².